The van der Waals surface area contributed by atoms with Gasteiger partial charge in [-0.2, -0.15) is 0 Å². The lowest BCUT2D eigenvalue weighted by Gasteiger charge is -2.41. The molecule has 94 valence electrons. The van der Waals surface area contributed by atoms with Crippen molar-refractivity contribution in [3.8, 4) is 0 Å². The molecule has 0 aromatic rings. The summed E-state index contributed by atoms with van der Waals surface area (Å²) >= 11 is 0. The predicted molar refractivity (Wildman–Crippen MR) is 66.5 cm³/mol. The summed E-state index contributed by atoms with van der Waals surface area (Å²) in [6.45, 7) is 5.38. The number of ether oxygens (including phenoxy) is 1. The van der Waals surface area contributed by atoms with Crippen LogP contribution in [-0.4, -0.2) is 42.8 Å². The fraction of sp³-hybridized carbons (Fsp3) is 1.00. The molecule has 0 aromatic heterocycles. The lowest BCUT2D eigenvalue weighted by atomic mass is 9.89. The van der Waals surface area contributed by atoms with Gasteiger partial charge in [-0.3, -0.25) is 4.90 Å². The maximum atomic E-state index is 5.98. The average Bonchev–Trinajstić information content (AvgIpc) is 2.34. The van der Waals surface area contributed by atoms with Crippen molar-refractivity contribution in [2.24, 2.45) is 5.73 Å². The van der Waals surface area contributed by atoms with Crippen LogP contribution in [0.1, 0.15) is 45.4 Å². The zero-order valence-corrected chi connectivity index (χ0v) is 10.5. The summed E-state index contributed by atoms with van der Waals surface area (Å²) in [6, 6.07) is 2.01. The minimum Gasteiger partial charge on any atom is -0.381 e. The van der Waals surface area contributed by atoms with E-state index in [4.69, 9.17) is 10.5 Å². The number of hydrogen-bond donors (Lipinski definition) is 1. The van der Waals surface area contributed by atoms with Gasteiger partial charge in [0.2, 0.25) is 0 Å². The molecule has 1 aliphatic heterocycles. The highest BCUT2D eigenvalue weighted by Crippen LogP contribution is 2.26. The molecule has 1 saturated heterocycles. The molecule has 3 heteroatoms. The second kappa shape index (κ2) is 5.99. The van der Waals surface area contributed by atoms with E-state index in [1.54, 1.807) is 0 Å². The lowest BCUT2D eigenvalue weighted by Crippen LogP contribution is -2.48. The first-order valence-electron chi connectivity index (χ1n) is 6.90. The van der Waals surface area contributed by atoms with Gasteiger partial charge in [-0.1, -0.05) is 6.92 Å². The van der Waals surface area contributed by atoms with Crippen LogP contribution in [0.4, 0.5) is 0 Å². The van der Waals surface area contributed by atoms with Crippen LogP contribution >= 0.6 is 0 Å². The molecule has 0 amide bonds. The van der Waals surface area contributed by atoms with Crippen molar-refractivity contribution >= 4 is 0 Å². The summed E-state index contributed by atoms with van der Waals surface area (Å²) in [4.78, 5) is 2.72. The minimum atomic E-state index is 0.463. The molecule has 2 fully saturated rings. The van der Waals surface area contributed by atoms with Crippen molar-refractivity contribution in [1.82, 2.24) is 4.90 Å². The molecule has 0 aromatic carbocycles. The predicted octanol–water partition coefficient (Wildman–Crippen LogP) is 1.76. The quantitative estimate of drug-likeness (QED) is 0.797. The van der Waals surface area contributed by atoms with Crippen LogP contribution in [0.25, 0.3) is 0 Å². The van der Waals surface area contributed by atoms with Crippen molar-refractivity contribution in [3.63, 3.8) is 0 Å². The van der Waals surface area contributed by atoms with Gasteiger partial charge in [0, 0.05) is 31.3 Å². The van der Waals surface area contributed by atoms with Crippen LogP contribution in [0.2, 0.25) is 0 Å². The molecule has 0 spiro atoms. The Balaban J connectivity index is 1.88. The third kappa shape index (κ3) is 2.96. The van der Waals surface area contributed by atoms with Gasteiger partial charge in [0.05, 0.1) is 0 Å². The van der Waals surface area contributed by atoms with E-state index < -0.39 is 0 Å². The summed E-state index contributed by atoms with van der Waals surface area (Å²) in [5, 5.41) is 0. The van der Waals surface area contributed by atoms with Gasteiger partial charge in [-0.05, 0) is 45.1 Å². The van der Waals surface area contributed by atoms with Gasteiger partial charge in [0.15, 0.2) is 0 Å². The Bertz CT molecular complexity index is 196. The molecule has 2 rings (SSSR count). The summed E-state index contributed by atoms with van der Waals surface area (Å²) in [6.07, 6.45) is 7.46. The molecule has 3 nitrogen and oxygen atoms in total. The molecule has 0 bridgehead atoms. The molecule has 16 heavy (non-hydrogen) atoms. The first-order valence-corrected chi connectivity index (χ1v) is 6.90. The summed E-state index contributed by atoms with van der Waals surface area (Å²) in [7, 11) is 0. The van der Waals surface area contributed by atoms with Crippen molar-refractivity contribution in [3.05, 3.63) is 0 Å². The molecule has 1 heterocycles. The van der Waals surface area contributed by atoms with Gasteiger partial charge in [0.1, 0.15) is 0 Å². The first-order chi connectivity index (χ1) is 7.81. The number of hydrogen-bond acceptors (Lipinski definition) is 3. The molecule has 0 unspecified atom stereocenters. The molecule has 1 aliphatic carbocycles. The smallest absolute Gasteiger partial charge is 0.0480 e. The Kier molecular flexibility index (Phi) is 4.62. The Morgan fingerprint density at radius 1 is 1.00 bits per heavy atom. The number of nitrogens with zero attached hydrogens (tertiary/aromatic N) is 1. The van der Waals surface area contributed by atoms with Crippen LogP contribution in [0, 0.1) is 0 Å². The normalized spacial score (nSPS) is 33.2. The summed E-state index contributed by atoms with van der Waals surface area (Å²) < 4.78 is 5.45. The fourth-order valence-corrected chi connectivity index (χ4v) is 3.26. The Hall–Kier alpha value is -0.120. The van der Waals surface area contributed by atoms with E-state index >= 15 is 0 Å². The number of rotatable bonds is 3. The first kappa shape index (κ1) is 12.3. The third-order valence-electron chi connectivity index (χ3n) is 4.24. The van der Waals surface area contributed by atoms with Crippen molar-refractivity contribution in [2.45, 2.75) is 63.6 Å². The topological polar surface area (TPSA) is 38.5 Å². The molecule has 0 atom stereocenters. The molecule has 1 saturated carbocycles. The fourth-order valence-electron chi connectivity index (χ4n) is 3.26. The van der Waals surface area contributed by atoms with Crippen molar-refractivity contribution in [2.75, 3.05) is 19.8 Å². The van der Waals surface area contributed by atoms with E-state index in [9.17, 15) is 0 Å². The molecular weight excluding hydrogens is 200 g/mol. The van der Waals surface area contributed by atoms with Crippen LogP contribution in [0.15, 0.2) is 0 Å². The summed E-state index contributed by atoms with van der Waals surface area (Å²) in [5.74, 6) is 0. The van der Waals surface area contributed by atoms with Crippen molar-refractivity contribution < 1.29 is 4.74 Å². The Morgan fingerprint density at radius 3 is 2.12 bits per heavy atom. The van der Waals surface area contributed by atoms with Crippen LogP contribution < -0.4 is 5.73 Å². The maximum Gasteiger partial charge on any atom is 0.0480 e. The average molecular weight is 226 g/mol. The SMILES string of the molecule is CCN(C1CCOCC1)C1CCC(N)CC1. The van der Waals surface area contributed by atoms with Gasteiger partial charge >= 0.3 is 0 Å². The standard InChI is InChI=1S/C13H26N2O/c1-2-15(13-7-9-16-10-8-13)12-5-3-11(14)4-6-12/h11-13H,2-10,14H2,1H3. The second-order valence-corrected chi connectivity index (χ2v) is 5.24. The summed E-state index contributed by atoms with van der Waals surface area (Å²) in [5.41, 5.74) is 5.98. The van der Waals surface area contributed by atoms with Gasteiger partial charge in [0.25, 0.3) is 0 Å². The minimum absolute atomic E-state index is 0.463. The highest BCUT2D eigenvalue weighted by atomic mass is 16.5. The van der Waals surface area contributed by atoms with E-state index in [1.165, 1.54) is 45.1 Å². The molecule has 2 N–H and O–H groups in total. The van der Waals surface area contributed by atoms with E-state index in [1.807, 2.05) is 0 Å². The lowest BCUT2D eigenvalue weighted by molar-refractivity contribution is 0.0107. The molecule has 2 aliphatic rings. The van der Waals surface area contributed by atoms with Gasteiger partial charge < -0.3 is 10.5 Å². The zero-order chi connectivity index (χ0) is 11.4. The van der Waals surface area contributed by atoms with Gasteiger partial charge in [-0.15, -0.1) is 0 Å². The van der Waals surface area contributed by atoms with Crippen LogP contribution in [0.3, 0.4) is 0 Å². The maximum absolute atomic E-state index is 5.98. The highest BCUT2D eigenvalue weighted by Gasteiger charge is 2.29. The van der Waals surface area contributed by atoms with E-state index in [0.29, 0.717) is 6.04 Å². The molecular formula is C13H26N2O. The third-order valence-corrected chi connectivity index (χ3v) is 4.24. The van der Waals surface area contributed by atoms with E-state index in [-0.39, 0.29) is 0 Å². The van der Waals surface area contributed by atoms with Crippen molar-refractivity contribution in [1.29, 1.82) is 0 Å². The number of nitrogens with two attached hydrogens (primary N) is 1. The zero-order valence-electron chi connectivity index (χ0n) is 10.5. The largest absolute Gasteiger partial charge is 0.381 e. The van der Waals surface area contributed by atoms with Gasteiger partial charge in [-0.25, -0.2) is 0 Å². The molecule has 0 radical (unpaired) electrons. The van der Waals surface area contributed by atoms with Crippen LogP contribution in [-0.2, 0) is 4.74 Å². The Labute approximate surface area is 99.3 Å². The van der Waals surface area contributed by atoms with E-state index in [2.05, 4.69) is 11.8 Å². The highest BCUT2D eigenvalue weighted by molar-refractivity contribution is 4.85. The Morgan fingerprint density at radius 2 is 1.56 bits per heavy atom. The van der Waals surface area contributed by atoms with E-state index in [0.717, 1.165) is 25.3 Å². The second-order valence-electron chi connectivity index (χ2n) is 5.24. The monoisotopic (exact) mass is 226 g/mol. The van der Waals surface area contributed by atoms with Crippen LogP contribution in [0.5, 0.6) is 0 Å².